The molecule has 5 rings (SSSR count). The average Bonchev–Trinajstić information content (AvgIpc) is 3.34. The summed E-state index contributed by atoms with van der Waals surface area (Å²) in [7, 11) is 0. The van der Waals surface area contributed by atoms with Gasteiger partial charge in [0.05, 0.1) is 22.5 Å². The lowest BCUT2D eigenvalue weighted by atomic mass is 10.0. The third kappa shape index (κ3) is 4.47. The van der Waals surface area contributed by atoms with Gasteiger partial charge in [-0.2, -0.15) is 10.2 Å². The number of non-ortho nitro benzene ring substituents is 1. The molecule has 1 amide bonds. The molecule has 176 valence electrons. The van der Waals surface area contributed by atoms with Crippen LogP contribution in [0.3, 0.4) is 0 Å². The first-order chi connectivity index (χ1) is 17.5. The van der Waals surface area contributed by atoms with E-state index in [2.05, 4.69) is 15.6 Å². The van der Waals surface area contributed by atoms with E-state index in [-0.39, 0.29) is 11.4 Å². The summed E-state index contributed by atoms with van der Waals surface area (Å²) in [6.07, 6.45) is 1.42. The third-order valence-electron chi connectivity index (χ3n) is 5.83. The molecule has 1 heterocycles. The second kappa shape index (κ2) is 9.63. The summed E-state index contributed by atoms with van der Waals surface area (Å²) >= 11 is 0. The van der Waals surface area contributed by atoms with Gasteiger partial charge in [-0.25, -0.2) is 10.1 Å². The van der Waals surface area contributed by atoms with Crippen LogP contribution in [-0.4, -0.2) is 26.8 Å². The van der Waals surface area contributed by atoms with Crippen molar-refractivity contribution in [1.82, 2.24) is 15.2 Å². The lowest BCUT2D eigenvalue weighted by Gasteiger charge is -2.12. The van der Waals surface area contributed by atoms with Gasteiger partial charge in [-0.15, -0.1) is 0 Å². The zero-order valence-corrected chi connectivity index (χ0v) is 19.3. The van der Waals surface area contributed by atoms with Crippen LogP contribution in [0.5, 0.6) is 0 Å². The topological polar surface area (TPSA) is 102 Å². The van der Waals surface area contributed by atoms with Gasteiger partial charge in [0.15, 0.2) is 5.69 Å². The first kappa shape index (κ1) is 22.7. The largest absolute Gasteiger partial charge is 0.291 e. The van der Waals surface area contributed by atoms with Crippen molar-refractivity contribution >= 4 is 28.6 Å². The number of benzene rings is 4. The molecule has 0 spiro atoms. The Morgan fingerprint density at radius 3 is 2.47 bits per heavy atom. The molecule has 0 aliphatic heterocycles. The fourth-order valence-electron chi connectivity index (χ4n) is 4.02. The number of nitrogens with zero attached hydrogens (tertiary/aromatic N) is 4. The molecule has 4 aromatic carbocycles. The normalized spacial score (nSPS) is 11.1. The van der Waals surface area contributed by atoms with E-state index in [9.17, 15) is 14.9 Å². The third-order valence-corrected chi connectivity index (χ3v) is 5.83. The molecule has 0 saturated heterocycles. The quantitative estimate of drug-likeness (QED) is 0.194. The van der Waals surface area contributed by atoms with Crippen molar-refractivity contribution in [2.75, 3.05) is 0 Å². The summed E-state index contributed by atoms with van der Waals surface area (Å²) in [5.41, 5.74) is 6.94. The highest BCUT2D eigenvalue weighted by Gasteiger charge is 2.19. The summed E-state index contributed by atoms with van der Waals surface area (Å²) in [6.45, 7) is 2.00. The first-order valence-electron chi connectivity index (χ1n) is 11.2. The molecule has 8 nitrogen and oxygen atoms in total. The van der Waals surface area contributed by atoms with Crippen molar-refractivity contribution in [2.24, 2.45) is 5.10 Å². The van der Waals surface area contributed by atoms with Gasteiger partial charge in [0, 0.05) is 17.7 Å². The minimum Gasteiger partial charge on any atom is -0.265 e. The predicted molar refractivity (Wildman–Crippen MR) is 139 cm³/mol. The van der Waals surface area contributed by atoms with Gasteiger partial charge in [-0.05, 0) is 53.1 Å². The van der Waals surface area contributed by atoms with E-state index in [4.69, 9.17) is 0 Å². The Kier molecular flexibility index (Phi) is 6.07. The number of hydrogen-bond donors (Lipinski definition) is 1. The minimum atomic E-state index is -0.471. The number of fused-ring (bicyclic) bond motifs is 1. The zero-order chi connectivity index (χ0) is 25.1. The van der Waals surface area contributed by atoms with E-state index in [0.717, 1.165) is 33.3 Å². The molecule has 0 bridgehead atoms. The monoisotopic (exact) mass is 475 g/mol. The SMILES string of the molecule is Cc1ccccc1-n1nc(C(=O)N/N=C\c2ccc([N+](=O)[O-])cc2)cc1-c1cccc2ccccc12. The molecule has 36 heavy (non-hydrogen) atoms. The van der Waals surface area contributed by atoms with Crippen LogP contribution < -0.4 is 5.43 Å². The minimum absolute atomic E-state index is 0.0149. The van der Waals surface area contributed by atoms with Gasteiger partial charge < -0.3 is 0 Å². The number of hydrazone groups is 1. The fourth-order valence-corrected chi connectivity index (χ4v) is 4.02. The maximum atomic E-state index is 13.0. The van der Waals surface area contributed by atoms with Crippen LogP contribution in [0, 0.1) is 17.0 Å². The van der Waals surface area contributed by atoms with Crippen LogP contribution in [0.25, 0.3) is 27.7 Å². The number of nitro benzene ring substituents is 1. The second-order valence-electron chi connectivity index (χ2n) is 8.19. The van der Waals surface area contributed by atoms with Crippen molar-refractivity contribution in [1.29, 1.82) is 0 Å². The van der Waals surface area contributed by atoms with Gasteiger partial charge in [-0.1, -0.05) is 60.7 Å². The summed E-state index contributed by atoms with van der Waals surface area (Å²) < 4.78 is 1.78. The molecular weight excluding hydrogens is 454 g/mol. The van der Waals surface area contributed by atoms with Crippen molar-refractivity contribution in [3.05, 3.63) is 124 Å². The standard InChI is InChI=1S/C28H21N5O3/c1-19-7-2-5-12-26(19)32-27(24-11-6-9-21-8-3-4-10-23(21)24)17-25(31-32)28(34)30-29-18-20-13-15-22(16-14-20)33(35)36/h2-18H,1H3,(H,30,34)/b29-18-. The molecule has 0 atom stereocenters. The number of hydrogen-bond acceptors (Lipinski definition) is 5. The highest BCUT2D eigenvalue weighted by molar-refractivity contribution is 5.99. The molecular formula is C28H21N5O3. The summed E-state index contributed by atoms with van der Waals surface area (Å²) in [5, 5.41) is 21.6. The molecule has 5 aromatic rings. The van der Waals surface area contributed by atoms with Crippen molar-refractivity contribution in [3.63, 3.8) is 0 Å². The number of carbonyl (C=O) groups is 1. The Morgan fingerprint density at radius 1 is 0.972 bits per heavy atom. The number of para-hydroxylation sites is 1. The van der Waals surface area contributed by atoms with E-state index in [1.807, 2.05) is 73.7 Å². The van der Waals surface area contributed by atoms with Gasteiger partial charge in [0.2, 0.25) is 0 Å². The summed E-state index contributed by atoms with van der Waals surface area (Å²) in [4.78, 5) is 23.3. The fraction of sp³-hybridized carbons (Fsp3) is 0.0357. The van der Waals surface area contributed by atoms with E-state index < -0.39 is 10.8 Å². The molecule has 1 aromatic heterocycles. The Hall–Kier alpha value is -5.11. The Labute approximate surface area is 206 Å². The van der Waals surface area contributed by atoms with Crippen molar-refractivity contribution < 1.29 is 9.72 Å². The number of amides is 1. The van der Waals surface area contributed by atoms with E-state index in [0.29, 0.717) is 5.56 Å². The number of aromatic nitrogens is 2. The molecule has 0 radical (unpaired) electrons. The number of aryl methyl sites for hydroxylation is 1. The van der Waals surface area contributed by atoms with Crippen molar-refractivity contribution in [2.45, 2.75) is 6.92 Å². The number of nitro groups is 1. The van der Waals surface area contributed by atoms with Crippen LogP contribution in [-0.2, 0) is 0 Å². The smallest absolute Gasteiger partial charge is 0.265 e. The first-order valence-corrected chi connectivity index (χ1v) is 11.2. The molecule has 0 aliphatic carbocycles. The van der Waals surface area contributed by atoms with Gasteiger partial charge in [0.1, 0.15) is 0 Å². The molecule has 0 aliphatic rings. The van der Waals surface area contributed by atoms with E-state index in [1.165, 1.54) is 18.3 Å². The van der Waals surface area contributed by atoms with Crippen LogP contribution >= 0.6 is 0 Å². The maximum Gasteiger partial charge on any atom is 0.291 e. The molecule has 0 fully saturated rings. The van der Waals surface area contributed by atoms with E-state index >= 15 is 0 Å². The highest BCUT2D eigenvalue weighted by atomic mass is 16.6. The molecule has 1 N–H and O–H groups in total. The Bertz CT molecular complexity index is 1620. The van der Waals surface area contributed by atoms with Crippen LogP contribution in [0.2, 0.25) is 0 Å². The number of carbonyl (C=O) groups excluding carboxylic acids is 1. The van der Waals surface area contributed by atoms with Gasteiger partial charge in [0.25, 0.3) is 11.6 Å². The highest BCUT2D eigenvalue weighted by Crippen LogP contribution is 2.31. The maximum absolute atomic E-state index is 13.0. The molecule has 8 heteroatoms. The lowest BCUT2D eigenvalue weighted by Crippen LogP contribution is -2.18. The summed E-state index contributed by atoms with van der Waals surface area (Å²) in [6, 6.07) is 29.6. The van der Waals surface area contributed by atoms with Gasteiger partial charge >= 0.3 is 0 Å². The zero-order valence-electron chi connectivity index (χ0n) is 19.3. The second-order valence-corrected chi connectivity index (χ2v) is 8.19. The van der Waals surface area contributed by atoms with Crippen LogP contribution in [0.1, 0.15) is 21.6 Å². The predicted octanol–water partition coefficient (Wildman–Crippen LogP) is 5.67. The summed E-state index contributed by atoms with van der Waals surface area (Å²) in [5.74, 6) is -0.470. The van der Waals surface area contributed by atoms with Crippen molar-refractivity contribution in [3.8, 4) is 16.9 Å². The molecule has 0 unspecified atom stereocenters. The number of nitrogens with one attached hydrogen (secondary N) is 1. The Morgan fingerprint density at radius 2 is 1.69 bits per heavy atom. The average molecular weight is 476 g/mol. The van der Waals surface area contributed by atoms with Crippen LogP contribution in [0.15, 0.2) is 102 Å². The molecule has 0 saturated carbocycles. The number of rotatable bonds is 6. The lowest BCUT2D eigenvalue weighted by molar-refractivity contribution is -0.384. The Balaban J connectivity index is 1.50. The van der Waals surface area contributed by atoms with Gasteiger partial charge in [-0.3, -0.25) is 14.9 Å². The van der Waals surface area contributed by atoms with Crippen LogP contribution in [0.4, 0.5) is 5.69 Å². The van der Waals surface area contributed by atoms with E-state index in [1.54, 1.807) is 22.9 Å².